The van der Waals surface area contributed by atoms with Gasteiger partial charge >= 0.3 is 0 Å². The Kier molecular flexibility index (Phi) is 4.26. The van der Waals surface area contributed by atoms with Crippen molar-refractivity contribution in [2.75, 3.05) is 38.2 Å². The first-order chi connectivity index (χ1) is 14.1. The standard InChI is InChI=1S/C21H19FN2O5/c22-16-7-19-17(23-20(25)11-29-19)6-15(16)21(26)24-8-12(9-24)10-28-14-1-2-18-13(5-14)3-4-27-18/h1-2,5-7,12H,3-4,8-11H2,(H,23,25). The number of fused-ring (bicyclic) bond motifs is 2. The van der Waals surface area contributed by atoms with Gasteiger partial charge in [-0.3, -0.25) is 9.59 Å². The normalized spacial score (nSPS) is 17.4. The SMILES string of the molecule is O=C1COc2cc(F)c(C(=O)N3CC(COc4ccc5c(c4)CCO5)C3)cc2N1. The van der Waals surface area contributed by atoms with Crippen molar-refractivity contribution in [3.8, 4) is 17.2 Å². The third kappa shape index (κ3) is 3.35. The summed E-state index contributed by atoms with van der Waals surface area (Å²) >= 11 is 0. The zero-order valence-electron chi connectivity index (χ0n) is 15.6. The minimum absolute atomic E-state index is 0.0764. The highest BCUT2D eigenvalue weighted by molar-refractivity contribution is 6.00. The molecule has 0 aliphatic carbocycles. The van der Waals surface area contributed by atoms with Crippen LogP contribution < -0.4 is 19.5 Å². The zero-order valence-corrected chi connectivity index (χ0v) is 15.6. The van der Waals surface area contributed by atoms with E-state index in [1.807, 2.05) is 18.2 Å². The molecule has 0 aromatic heterocycles. The molecule has 0 saturated carbocycles. The first-order valence-corrected chi connectivity index (χ1v) is 9.51. The lowest BCUT2D eigenvalue weighted by Crippen LogP contribution is -2.52. The maximum absolute atomic E-state index is 14.3. The van der Waals surface area contributed by atoms with Crippen molar-refractivity contribution in [1.29, 1.82) is 0 Å². The van der Waals surface area contributed by atoms with Gasteiger partial charge in [-0.25, -0.2) is 4.39 Å². The van der Waals surface area contributed by atoms with Crippen LogP contribution in [-0.2, 0) is 11.2 Å². The smallest absolute Gasteiger partial charge is 0.262 e. The average molecular weight is 398 g/mol. The molecule has 3 aliphatic heterocycles. The Morgan fingerprint density at radius 2 is 2.07 bits per heavy atom. The first-order valence-electron chi connectivity index (χ1n) is 9.51. The molecule has 3 aliphatic rings. The van der Waals surface area contributed by atoms with Crippen molar-refractivity contribution in [3.63, 3.8) is 0 Å². The van der Waals surface area contributed by atoms with Crippen LogP contribution in [0.4, 0.5) is 10.1 Å². The highest BCUT2D eigenvalue weighted by Gasteiger charge is 2.34. The maximum atomic E-state index is 14.3. The molecule has 2 amide bonds. The molecule has 2 aromatic carbocycles. The van der Waals surface area contributed by atoms with Gasteiger partial charge in [-0.05, 0) is 24.3 Å². The van der Waals surface area contributed by atoms with Crippen molar-refractivity contribution in [3.05, 3.63) is 47.3 Å². The number of carbonyl (C=O) groups excluding carboxylic acids is 2. The third-order valence-corrected chi connectivity index (χ3v) is 5.32. The van der Waals surface area contributed by atoms with Crippen LogP contribution in [0.25, 0.3) is 0 Å². The Labute approximate surface area is 166 Å². The third-order valence-electron chi connectivity index (χ3n) is 5.32. The fourth-order valence-corrected chi connectivity index (χ4v) is 3.74. The number of amides is 2. The summed E-state index contributed by atoms with van der Waals surface area (Å²) in [6, 6.07) is 8.25. The molecule has 7 nitrogen and oxygen atoms in total. The van der Waals surface area contributed by atoms with E-state index in [9.17, 15) is 14.0 Å². The number of hydrogen-bond acceptors (Lipinski definition) is 5. The van der Waals surface area contributed by atoms with Gasteiger partial charge in [-0.15, -0.1) is 0 Å². The second-order valence-electron chi connectivity index (χ2n) is 7.42. The molecule has 3 heterocycles. The predicted octanol–water partition coefficient (Wildman–Crippen LogP) is 2.24. The fraction of sp³-hybridized carbons (Fsp3) is 0.333. The van der Waals surface area contributed by atoms with E-state index in [-0.39, 0.29) is 29.7 Å². The summed E-state index contributed by atoms with van der Waals surface area (Å²) < 4.78 is 30.8. The van der Waals surface area contributed by atoms with Crippen LogP contribution >= 0.6 is 0 Å². The Morgan fingerprint density at radius 1 is 1.21 bits per heavy atom. The quantitative estimate of drug-likeness (QED) is 0.855. The van der Waals surface area contributed by atoms with Crippen molar-refractivity contribution >= 4 is 17.5 Å². The molecule has 5 rings (SSSR count). The lowest BCUT2D eigenvalue weighted by atomic mass is 9.99. The summed E-state index contributed by atoms with van der Waals surface area (Å²) in [5.41, 5.74) is 1.38. The van der Waals surface area contributed by atoms with E-state index in [0.717, 1.165) is 29.5 Å². The molecule has 0 unspecified atom stereocenters. The highest BCUT2D eigenvalue weighted by atomic mass is 19.1. The molecule has 0 bridgehead atoms. The molecule has 29 heavy (non-hydrogen) atoms. The van der Waals surface area contributed by atoms with E-state index in [4.69, 9.17) is 14.2 Å². The number of nitrogens with zero attached hydrogens (tertiary/aromatic N) is 1. The topological polar surface area (TPSA) is 77.1 Å². The monoisotopic (exact) mass is 398 g/mol. The molecule has 0 radical (unpaired) electrons. The molecule has 2 aromatic rings. The highest BCUT2D eigenvalue weighted by Crippen LogP contribution is 2.32. The first kappa shape index (κ1) is 17.8. The number of likely N-dealkylation sites (tertiary alicyclic amines) is 1. The van der Waals surface area contributed by atoms with E-state index in [0.29, 0.717) is 32.0 Å². The van der Waals surface area contributed by atoms with Crippen LogP contribution in [0.2, 0.25) is 0 Å². The summed E-state index contributed by atoms with van der Waals surface area (Å²) in [7, 11) is 0. The average Bonchev–Trinajstić information content (AvgIpc) is 3.14. The molecule has 1 N–H and O–H groups in total. The number of hydrogen-bond donors (Lipinski definition) is 1. The second-order valence-corrected chi connectivity index (χ2v) is 7.42. The number of rotatable bonds is 4. The number of halogens is 1. The molecule has 1 fully saturated rings. The fourth-order valence-electron chi connectivity index (χ4n) is 3.74. The largest absolute Gasteiger partial charge is 0.493 e. The Morgan fingerprint density at radius 3 is 2.93 bits per heavy atom. The second kappa shape index (κ2) is 6.95. The number of benzene rings is 2. The van der Waals surface area contributed by atoms with E-state index >= 15 is 0 Å². The van der Waals surface area contributed by atoms with Gasteiger partial charge in [-0.2, -0.15) is 0 Å². The molecule has 0 atom stereocenters. The van der Waals surface area contributed by atoms with Gasteiger partial charge in [0.25, 0.3) is 11.8 Å². The number of nitrogens with one attached hydrogen (secondary N) is 1. The lowest BCUT2D eigenvalue weighted by molar-refractivity contribution is -0.118. The Hall–Kier alpha value is -3.29. The number of carbonyl (C=O) groups is 2. The van der Waals surface area contributed by atoms with Crippen LogP contribution in [-0.4, -0.2) is 49.6 Å². The summed E-state index contributed by atoms with van der Waals surface area (Å²) in [6.07, 6.45) is 0.885. The van der Waals surface area contributed by atoms with Crippen LogP contribution in [0.3, 0.4) is 0 Å². The van der Waals surface area contributed by atoms with E-state index in [2.05, 4.69) is 5.32 Å². The Bertz CT molecular complexity index is 1000. The molecular formula is C21H19FN2O5. The van der Waals surface area contributed by atoms with Gasteiger partial charge < -0.3 is 24.4 Å². The van der Waals surface area contributed by atoms with Crippen molar-refractivity contribution in [2.24, 2.45) is 5.92 Å². The van der Waals surface area contributed by atoms with Crippen LogP contribution in [0.1, 0.15) is 15.9 Å². The molecular weight excluding hydrogens is 379 g/mol. The lowest BCUT2D eigenvalue weighted by Gasteiger charge is -2.39. The minimum atomic E-state index is -0.662. The van der Waals surface area contributed by atoms with E-state index < -0.39 is 11.7 Å². The van der Waals surface area contributed by atoms with E-state index in [1.165, 1.54) is 6.07 Å². The minimum Gasteiger partial charge on any atom is -0.493 e. The van der Waals surface area contributed by atoms with Crippen molar-refractivity contribution in [1.82, 2.24) is 4.90 Å². The zero-order chi connectivity index (χ0) is 20.0. The van der Waals surface area contributed by atoms with Crippen LogP contribution in [0.5, 0.6) is 17.2 Å². The summed E-state index contributed by atoms with van der Waals surface area (Å²) in [5.74, 6) is 0.713. The maximum Gasteiger partial charge on any atom is 0.262 e. The number of ether oxygens (including phenoxy) is 3. The van der Waals surface area contributed by atoms with Gasteiger partial charge in [0.2, 0.25) is 0 Å². The molecule has 0 spiro atoms. The summed E-state index contributed by atoms with van der Waals surface area (Å²) in [5, 5.41) is 2.59. The predicted molar refractivity (Wildman–Crippen MR) is 101 cm³/mol. The van der Waals surface area contributed by atoms with Gasteiger partial charge in [0.05, 0.1) is 24.5 Å². The molecule has 1 saturated heterocycles. The Balaban J connectivity index is 1.18. The van der Waals surface area contributed by atoms with Gasteiger partial charge in [0.1, 0.15) is 23.1 Å². The van der Waals surface area contributed by atoms with Gasteiger partial charge in [-0.1, -0.05) is 0 Å². The molecule has 150 valence electrons. The summed E-state index contributed by atoms with van der Waals surface area (Å²) in [6.45, 7) is 2.01. The molecule has 8 heteroatoms. The number of anilines is 1. The van der Waals surface area contributed by atoms with Gasteiger partial charge in [0.15, 0.2) is 6.61 Å². The van der Waals surface area contributed by atoms with E-state index in [1.54, 1.807) is 4.90 Å². The van der Waals surface area contributed by atoms with Gasteiger partial charge in [0, 0.05) is 37.1 Å². The van der Waals surface area contributed by atoms with Crippen LogP contribution in [0, 0.1) is 11.7 Å². The van der Waals surface area contributed by atoms with Crippen molar-refractivity contribution in [2.45, 2.75) is 6.42 Å². The van der Waals surface area contributed by atoms with Crippen LogP contribution in [0.15, 0.2) is 30.3 Å². The summed E-state index contributed by atoms with van der Waals surface area (Å²) in [4.78, 5) is 25.7. The van der Waals surface area contributed by atoms with Crippen molar-refractivity contribution < 1.29 is 28.2 Å².